The Balaban J connectivity index is 1.76. The summed E-state index contributed by atoms with van der Waals surface area (Å²) in [5.74, 6) is -2.67. The van der Waals surface area contributed by atoms with E-state index in [2.05, 4.69) is 0 Å². The van der Waals surface area contributed by atoms with Crippen LogP contribution in [-0.2, 0) is 4.74 Å². The maximum absolute atomic E-state index is 12.6. The van der Waals surface area contributed by atoms with Gasteiger partial charge in [-0.1, -0.05) is 0 Å². The zero-order valence-corrected chi connectivity index (χ0v) is 16.2. The first-order valence-electron chi connectivity index (χ1n) is 9.40. The number of phenols is 3. The lowest BCUT2D eigenvalue weighted by molar-refractivity contribution is -0.268. The van der Waals surface area contributed by atoms with Gasteiger partial charge in [0.05, 0.1) is 16.9 Å². The molecule has 1 saturated heterocycles. The molecule has 0 radical (unpaired) electrons. The molecule has 4 aromatic rings. The van der Waals surface area contributed by atoms with Gasteiger partial charge in [0.2, 0.25) is 17.8 Å². The van der Waals surface area contributed by atoms with Gasteiger partial charge in [0.15, 0.2) is 22.7 Å². The predicted molar refractivity (Wildman–Crippen MR) is 105 cm³/mol. The lowest BCUT2D eigenvalue weighted by Crippen LogP contribution is -2.58. The third kappa shape index (κ3) is 2.64. The Hall–Kier alpha value is -3.58. The Morgan fingerprint density at radius 2 is 1.38 bits per heavy atom. The first-order valence-corrected chi connectivity index (χ1v) is 9.40. The van der Waals surface area contributed by atoms with Crippen molar-refractivity contribution in [1.82, 2.24) is 0 Å². The summed E-state index contributed by atoms with van der Waals surface area (Å²) in [6, 6.07) is 1.98. The van der Waals surface area contributed by atoms with Crippen molar-refractivity contribution in [3.63, 3.8) is 0 Å². The van der Waals surface area contributed by atoms with Crippen LogP contribution in [0.5, 0.6) is 23.0 Å². The van der Waals surface area contributed by atoms with Crippen LogP contribution in [-0.4, -0.2) is 61.3 Å². The summed E-state index contributed by atoms with van der Waals surface area (Å²) in [6.45, 7) is 1.42. The summed E-state index contributed by atoms with van der Waals surface area (Å²) < 4.78 is 21.0. The third-order valence-corrected chi connectivity index (χ3v) is 5.59. The van der Waals surface area contributed by atoms with E-state index in [0.717, 1.165) is 12.1 Å². The Morgan fingerprint density at radius 3 is 2.00 bits per heavy atom. The van der Waals surface area contributed by atoms with Crippen LogP contribution in [0.15, 0.2) is 30.6 Å². The first kappa shape index (κ1) is 20.3. The van der Waals surface area contributed by atoms with Crippen LogP contribution in [0, 0.1) is 0 Å². The monoisotopic (exact) mass is 448 g/mol. The van der Waals surface area contributed by atoms with Crippen molar-refractivity contribution in [3.8, 4) is 23.0 Å². The van der Waals surface area contributed by atoms with E-state index in [1.54, 1.807) is 0 Å². The predicted octanol–water partition coefficient (Wildman–Crippen LogP) is -0.187. The molecule has 6 N–H and O–H groups in total. The molecule has 2 aromatic heterocycles. The van der Waals surface area contributed by atoms with Crippen molar-refractivity contribution in [2.24, 2.45) is 0 Å². The van der Waals surface area contributed by atoms with E-state index in [-0.39, 0.29) is 21.5 Å². The second kappa shape index (κ2) is 6.71. The van der Waals surface area contributed by atoms with Gasteiger partial charge in [-0.15, -0.1) is 0 Å². The van der Waals surface area contributed by atoms with E-state index >= 15 is 0 Å². The molecule has 0 bridgehead atoms. The highest BCUT2D eigenvalue weighted by Crippen LogP contribution is 2.45. The third-order valence-electron chi connectivity index (χ3n) is 5.59. The maximum Gasteiger partial charge on any atom is 0.344 e. The zero-order valence-electron chi connectivity index (χ0n) is 16.2. The number of hydrogen-bond acceptors (Lipinski definition) is 12. The van der Waals surface area contributed by atoms with Crippen molar-refractivity contribution in [1.29, 1.82) is 0 Å². The molecule has 0 unspecified atom stereocenters. The number of hydrogen-bond donors (Lipinski definition) is 6. The SMILES string of the molecule is C[C@@H]1O[C@@H](Oc2cc3c(=O)oc4c(O)c(O)cc5c(=O)oc(c2O)c3c45)[C@H](O)[C@H](O)[C@H]1O. The molecule has 5 rings (SSSR count). The van der Waals surface area contributed by atoms with E-state index in [0.29, 0.717) is 0 Å². The summed E-state index contributed by atoms with van der Waals surface area (Å²) in [7, 11) is 0. The normalized spacial score (nSPS) is 26.3. The van der Waals surface area contributed by atoms with Crippen LogP contribution in [0.2, 0.25) is 0 Å². The second-order valence-corrected chi connectivity index (χ2v) is 7.55. The Bertz CT molecular complexity index is 1480. The highest BCUT2D eigenvalue weighted by atomic mass is 16.7. The van der Waals surface area contributed by atoms with Gasteiger partial charge in [-0.05, 0) is 19.1 Å². The topological polar surface area (TPSA) is 200 Å². The molecule has 3 heterocycles. The number of rotatable bonds is 2. The van der Waals surface area contributed by atoms with Crippen LogP contribution in [0.3, 0.4) is 0 Å². The second-order valence-electron chi connectivity index (χ2n) is 7.55. The van der Waals surface area contributed by atoms with Crippen LogP contribution < -0.4 is 16.0 Å². The minimum atomic E-state index is -1.71. The minimum Gasteiger partial charge on any atom is -0.504 e. The summed E-state index contributed by atoms with van der Waals surface area (Å²) in [4.78, 5) is 25.1. The minimum absolute atomic E-state index is 0.0656. The quantitative estimate of drug-likeness (QED) is 0.134. The molecule has 2 aromatic carbocycles. The van der Waals surface area contributed by atoms with E-state index in [4.69, 9.17) is 18.3 Å². The summed E-state index contributed by atoms with van der Waals surface area (Å²) in [5, 5.41) is 60.0. The number of aliphatic hydroxyl groups is 3. The molecule has 1 aliphatic rings. The molecule has 0 amide bonds. The van der Waals surface area contributed by atoms with Crippen LogP contribution in [0.25, 0.3) is 32.7 Å². The fraction of sp³-hybridized carbons (Fsp3) is 0.300. The lowest BCUT2D eigenvalue weighted by atomic mass is 10.00. The van der Waals surface area contributed by atoms with Gasteiger partial charge in [-0.2, -0.15) is 0 Å². The molecule has 5 atom stereocenters. The number of benzene rings is 2. The standard InChI is InChI=1S/C20H16O12/c1-4-11(22)14(25)15(26)20(29-4)30-8-3-6-10-9-5(18(27)32-17(10)13(8)24)2-7(21)12(23)16(9)31-19(6)28/h2-4,11,14-15,20-26H,1H3/t4-,11-,14+,15+,20-/m0/s1. The van der Waals surface area contributed by atoms with Crippen LogP contribution in [0.1, 0.15) is 6.92 Å². The summed E-state index contributed by atoms with van der Waals surface area (Å²) in [5.41, 5.74) is -2.98. The van der Waals surface area contributed by atoms with Crippen molar-refractivity contribution < 1.29 is 48.9 Å². The first-order chi connectivity index (χ1) is 15.1. The smallest absolute Gasteiger partial charge is 0.344 e. The van der Waals surface area contributed by atoms with E-state index in [1.807, 2.05) is 0 Å². The Kier molecular flexibility index (Phi) is 4.26. The van der Waals surface area contributed by atoms with Gasteiger partial charge in [0.1, 0.15) is 18.3 Å². The van der Waals surface area contributed by atoms with Gasteiger partial charge in [-0.25, -0.2) is 9.59 Å². The molecule has 1 fully saturated rings. The number of phenolic OH excluding ortho intramolecular Hbond substituents is 3. The molecule has 0 spiro atoms. The van der Waals surface area contributed by atoms with E-state index in [9.17, 15) is 40.2 Å². The van der Waals surface area contributed by atoms with Crippen molar-refractivity contribution in [3.05, 3.63) is 33.0 Å². The molecule has 1 aliphatic heterocycles. The number of aromatic hydroxyl groups is 3. The fourth-order valence-corrected chi connectivity index (χ4v) is 3.90. The van der Waals surface area contributed by atoms with Gasteiger partial charge in [0.25, 0.3) is 0 Å². The molecule has 0 saturated carbocycles. The highest BCUT2D eigenvalue weighted by Gasteiger charge is 2.43. The summed E-state index contributed by atoms with van der Waals surface area (Å²) >= 11 is 0. The van der Waals surface area contributed by atoms with Gasteiger partial charge >= 0.3 is 11.3 Å². The molecular formula is C20H16O12. The van der Waals surface area contributed by atoms with Crippen molar-refractivity contribution >= 4 is 32.7 Å². The molecule has 12 nitrogen and oxygen atoms in total. The van der Waals surface area contributed by atoms with Crippen LogP contribution in [0.4, 0.5) is 0 Å². The molecule has 0 aliphatic carbocycles. The van der Waals surface area contributed by atoms with E-state index < -0.39 is 76.1 Å². The maximum atomic E-state index is 12.6. The average Bonchev–Trinajstić information content (AvgIpc) is 2.75. The van der Waals surface area contributed by atoms with Gasteiger partial charge in [0, 0.05) is 10.8 Å². The fourth-order valence-electron chi connectivity index (χ4n) is 3.90. The van der Waals surface area contributed by atoms with Crippen molar-refractivity contribution in [2.75, 3.05) is 0 Å². The number of ether oxygens (including phenoxy) is 2. The summed E-state index contributed by atoms with van der Waals surface area (Å²) in [6.07, 6.45) is -7.21. The number of aliphatic hydroxyl groups excluding tert-OH is 3. The largest absolute Gasteiger partial charge is 0.504 e. The Morgan fingerprint density at radius 1 is 0.812 bits per heavy atom. The lowest BCUT2D eigenvalue weighted by Gasteiger charge is -2.38. The van der Waals surface area contributed by atoms with Crippen LogP contribution >= 0.6 is 0 Å². The Labute approximate surface area is 176 Å². The van der Waals surface area contributed by atoms with Gasteiger partial charge < -0.3 is 48.9 Å². The molecular weight excluding hydrogens is 432 g/mol. The molecule has 32 heavy (non-hydrogen) atoms. The average molecular weight is 448 g/mol. The molecule has 12 heteroatoms. The zero-order chi connectivity index (χ0) is 23.1. The molecule has 168 valence electrons. The van der Waals surface area contributed by atoms with Crippen molar-refractivity contribution in [2.45, 2.75) is 37.6 Å². The van der Waals surface area contributed by atoms with Gasteiger partial charge in [-0.3, -0.25) is 0 Å². The highest BCUT2D eigenvalue weighted by molar-refractivity contribution is 6.22. The van der Waals surface area contributed by atoms with E-state index in [1.165, 1.54) is 6.92 Å².